The minimum Gasteiger partial charge on any atom is -0.463 e. The van der Waals surface area contributed by atoms with E-state index in [0.29, 0.717) is 23.1 Å². The van der Waals surface area contributed by atoms with Crippen molar-refractivity contribution < 1.29 is 4.42 Å². The Bertz CT molecular complexity index is 773. The molecule has 0 fully saturated rings. The lowest BCUT2D eigenvalue weighted by Crippen LogP contribution is -2.04. The first-order valence-electron chi connectivity index (χ1n) is 6.09. The van der Waals surface area contributed by atoms with Crippen LogP contribution in [0.3, 0.4) is 0 Å². The Morgan fingerprint density at radius 3 is 2.47 bits per heavy atom. The highest BCUT2D eigenvalue weighted by Crippen LogP contribution is 2.19. The zero-order chi connectivity index (χ0) is 13.2. The van der Waals surface area contributed by atoms with Crippen molar-refractivity contribution in [3.8, 4) is 11.1 Å². The summed E-state index contributed by atoms with van der Waals surface area (Å²) in [4.78, 5) is 12.4. The summed E-state index contributed by atoms with van der Waals surface area (Å²) in [5.74, 6) is 0. The van der Waals surface area contributed by atoms with Gasteiger partial charge in [0.15, 0.2) is 5.43 Å². The Kier molecular flexibility index (Phi) is 2.89. The van der Waals surface area contributed by atoms with Crippen molar-refractivity contribution in [2.24, 2.45) is 5.73 Å². The van der Waals surface area contributed by atoms with E-state index in [0.717, 1.165) is 11.1 Å². The van der Waals surface area contributed by atoms with Gasteiger partial charge in [0.25, 0.3) is 0 Å². The first-order chi connectivity index (χ1) is 9.29. The van der Waals surface area contributed by atoms with E-state index in [4.69, 9.17) is 10.2 Å². The normalized spacial score (nSPS) is 10.8. The van der Waals surface area contributed by atoms with Crippen LogP contribution in [0.5, 0.6) is 0 Å². The second-order valence-corrected chi connectivity index (χ2v) is 4.38. The smallest absolute Gasteiger partial charge is 0.200 e. The molecule has 2 aromatic carbocycles. The second-order valence-electron chi connectivity index (χ2n) is 4.38. The van der Waals surface area contributed by atoms with Gasteiger partial charge in [0, 0.05) is 6.54 Å². The molecule has 0 atom stereocenters. The van der Waals surface area contributed by atoms with Crippen LogP contribution >= 0.6 is 0 Å². The molecular weight excluding hydrogens is 238 g/mol. The molecule has 0 aliphatic heterocycles. The molecular formula is C16H13NO2. The van der Waals surface area contributed by atoms with E-state index in [1.807, 2.05) is 36.4 Å². The third kappa shape index (κ3) is 2.04. The molecule has 0 radical (unpaired) electrons. The van der Waals surface area contributed by atoms with Gasteiger partial charge in [-0.2, -0.15) is 0 Å². The molecule has 3 aromatic rings. The summed E-state index contributed by atoms with van der Waals surface area (Å²) < 4.78 is 5.51. The van der Waals surface area contributed by atoms with Crippen molar-refractivity contribution in [2.45, 2.75) is 6.54 Å². The van der Waals surface area contributed by atoms with E-state index >= 15 is 0 Å². The first-order valence-corrected chi connectivity index (χ1v) is 6.09. The van der Waals surface area contributed by atoms with Gasteiger partial charge in [0.1, 0.15) is 11.8 Å². The molecule has 94 valence electrons. The fourth-order valence-electron chi connectivity index (χ4n) is 2.10. The SMILES string of the molecule is NCc1ccc(-c2coc3ccccc3c2=O)cc1. The molecule has 0 saturated carbocycles. The van der Waals surface area contributed by atoms with Gasteiger partial charge in [-0.1, -0.05) is 36.4 Å². The molecule has 3 nitrogen and oxygen atoms in total. The van der Waals surface area contributed by atoms with Crippen LogP contribution in [0.4, 0.5) is 0 Å². The number of hydrogen-bond donors (Lipinski definition) is 1. The van der Waals surface area contributed by atoms with Gasteiger partial charge in [-0.15, -0.1) is 0 Å². The van der Waals surface area contributed by atoms with E-state index in [1.165, 1.54) is 6.26 Å². The predicted octanol–water partition coefficient (Wildman–Crippen LogP) is 2.92. The van der Waals surface area contributed by atoms with Gasteiger partial charge in [-0.05, 0) is 23.3 Å². The molecule has 1 heterocycles. The fourth-order valence-corrected chi connectivity index (χ4v) is 2.10. The molecule has 0 aliphatic rings. The highest BCUT2D eigenvalue weighted by molar-refractivity contribution is 5.81. The van der Waals surface area contributed by atoms with Crippen LogP contribution in [0.15, 0.2) is 64.0 Å². The van der Waals surface area contributed by atoms with Crippen molar-refractivity contribution in [3.63, 3.8) is 0 Å². The van der Waals surface area contributed by atoms with E-state index in [9.17, 15) is 4.79 Å². The first kappa shape index (κ1) is 11.7. The summed E-state index contributed by atoms with van der Waals surface area (Å²) >= 11 is 0. The molecule has 2 N–H and O–H groups in total. The zero-order valence-electron chi connectivity index (χ0n) is 10.3. The molecule has 0 amide bonds. The summed E-state index contributed by atoms with van der Waals surface area (Å²) in [6, 6.07) is 14.9. The maximum atomic E-state index is 12.4. The van der Waals surface area contributed by atoms with Crippen molar-refractivity contribution in [2.75, 3.05) is 0 Å². The highest BCUT2D eigenvalue weighted by atomic mass is 16.3. The predicted molar refractivity (Wildman–Crippen MR) is 75.8 cm³/mol. The van der Waals surface area contributed by atoms with Crippen LogP contribution in [-0.2, 0) is 6.54 Å². The Labute approximate surface area is 110 Å². The minimum atomic E-state index is -0.0117. The van der Waals surface area contributed by atoms with Gasteiger partial charge in [-0.3, -0.25) is 4.79 Å². The lowest BCUT2D eigenvalue weighted by atomic mass is 10.0. The number of nitrogens with two attached hydrogens (primary N) is 1. The monoisotopic (exact) mass is 251 g/mol. The van der Waals surface area contributed by atoms with Gasteiger partial charge in [0.05, 0.1) is 10.9 Å². The average molecular weight is 251 g/mol. The fraction of sp³-hybridized carbons (Fsp3) is 0.0625. The number of para-hydroxylation sites is 1. The molecule has 0 saturated heterocycles. The van der Waals surface area contributed by atoms with Crippen LogP contribution < -0.4 is 11.2 Å². The average Bonchev–Trinajstić information content (AvgIpc) is 2.48. The summed E-state index contributed by atoms with van der Waals surface area (Å²) in [6.45, 7) is 0.493. The Morgan fingerprint density at radius 2 is 1.74 bits per heavy atom. The zero-order valence-corrected chi connectivity index (χ0v) is 10.3. The van der Waals surface area contributed by atoms with Crippen molar-refractivity contribution in [1.29, 1.82) is 0 Å². The molecule has 19 heavy (non-hydrogen) atoms. The number of fused-ring (bicyclic) bond motifs is 1. The standard InChI is InChI=1S/C16H13NO2/c17-9-11-5-7-12(8-6-11)14-10-19-15-4-2-1-3-13(15)16(14)18/h1-8,10H,9,17H2. The lowest BCUT2D eigenvalue weighted by molar-refractivity contribution is 0.604. The van der Waals surface area contributed by atoms with Gasteiger partial charge >= 0.3 is 0 Å². The van der Waals surface area contributed by atoms with Crippen LogP contribution in [0.2, 0.25) is 0 Å². The second kappa shape index (κ2) is 4.71. The maximum absolute atomic E-state index is 12.4. The molecule has 0 unspecified atom stereocenters. The van der Waals surface area contributed by atoms with Gasteiger partial charge in [0.2, 0.25) is 0 Å². The quantitative estimate of drug-likeness (QED) is 0.761. The van der Waals surface area contributed by atoms with E-state index < -0.39 is 0 Å². The number of benzene rings is 2. The Balaban J connectivity index is 2.19. The van der Waals surface area contributed by atoms with E-state index in [1.54, 1.807) is 12.1 Å². The summed E-state index contributed by atoms with van der Waals surface area (Å²) in [7, 11) is 0. The molecule has 3 heteroatoms. The molecule has 0 spiro atoms. The van der Waals surface area contributed by atoms with Crippen molar-refractivity contribution in [1.82, 2.24) is 0 Å². The summed E-state index contributed by atoms with van der Waals surface area (Å²) in [5.41, 5.74) is 8.61. The maximum Gasteiger partial charge on any atom is 0.200 e. The molecule has 1 aromatic heterocycles. The summed E-state index contributed by atoms with van der Waals surface area (Å²) in [6.07, 6.45) is 1.52. The Morgan fingerprint density at radius 1 is 1.00 bits per heavy atom. The van der Waals surface area contributed by atoms with Crippen molar-refractivity contribution >= 4 is 11.0 Å². The van der Waals surface area contributed by atoms with E-state index in [-0.39, 0.29) is 5.43 Å². The summed E-state index contributed by atoms with van der Waals surface area (Å²) in [5, 5.41) is 0.600. The van der Waals surface area contributed by atoms with Gasteiger partial charge < -0.3 is 10.2 Å². The van der Waals surface area contributed by atoms with Crippen LogP contribution in [0.25, 0.3) is 22.1 Å². The number of rotatable bonds is 2. The van der Waals surface area contributed by atoms with Crippen LogP contribution in [0, 0.1) is 0 Å². The van der Waals surface area contributed by atoms with Crippen LogP contribution in [0.1, 0.15) is 5.56 Å². The van der Waals surface area contributed by atoms with Crippen molar-refractivity contribution in [3.05, 3.63) is 70.6 Å². The van der Waals surface area contributed by atoms with E-state index in [2.05, 4.69) is 0 Å². The molecule has 0 bridgehead atoms. The Hall–Kier alpha value is -2.39. The molecule has 0 aliphatic carbocycles. The third-order valence-electron chi connectivity index (χ3n) is 3.18. The minimum absolute atomic E-state index is 0.0117. The van der Waals surface area contributed by atoms with Crippen LogP contribution in [-0.4, -0.2) is 0 Å². The third-order valence-corrected chi connectivity index (χ3v) is 3.18. The topological polar surface area (TPSA) is 56.2 Å². The number of hydrogen-bond acceptors (Lipinski definition) is 3. The largest absolute Gasteiger partial charge is 0.463 e. The highest BCUT2D eigenvalue weighted by Gasteiger charge is 2.08. The lowest BCUT2D eigenvalue weighted by Gasteiger charge is -2.03. The van der Waals surface area contributed by atoms with Gasteiger partial charge in [-0.25, -0.2) is 0 Å². The molecule has 3 rings (SSSR count).